The van der Waals surface area contributed by atoms with Crippen molar-refractivity contribution in [1.29, 1.82) is 0 Å². The normalized spacial score (nSPS) is 11.9. The molecule has 0 aliphatic carbocycles. The molecule has 4 aromatic rings. The van der Waals surface area contributed by atoms with E-state index in [-0.39, 0.29) is 61.0 Å². The zero-order valence-electron chi connectivity index (χ0n) is 22.4. The summed E-state index contributed by atoms with van der Waals surface area (Å²) in [6, 6.07) is 17.2. The average Bonchev–Trinajstić information content (AvgIpc) is 3.43. The Morgan fingerprint density at radius 3 is 2.37 bits per heavy atom. The van der Waals surface area contributed by atoms with Gasteiger partial charge in [-0.1, -0.05) is 24.3 Å². The summed E-state index contributed by atoms with van der Waals surface area (Å²) in [7, 11) is 0. The molecule has 0 radical (unpaired) electrons. The Morgan fingerprint density at radius 2 is 1.70 bits per heavy atom. The van der Waals surface area contributed by atoms with E-state index < -0.39 is 29.7 Å². The number of aliphatic carboxylic acids is 1. The second-order valence-corrected chi connectivity index (χ2v) is 10.3. The van der Waals surface area contributed by atoms with Crippen LogP contribution < -0.4 is 5.32 Å². The number of halogens is 4. The van der Waals surface area contributed by atoms with E-state index >= 15 is 0 Å². The molecule has 0 saturated heterocycles. The summed E-state index contributed by atoms with van der Waals surface area (Å²) in [4.78, 5) is 24.9. The van der Waals surface area contributed by atoms with Gasteiger partial charge in [-0.3, -0.25) is 4.79 Å². The molecule has 0 aliphatic heterocycles. The summed E-state index contributed by atoms with van der Waals surface area (Å²) in [6.45, 7) is 0.0365. The van der Waals surface area contributed by atoms with Gasteiger partial charge in [-0.25, -0.2) is 9.18 Å². The first kappa shape index (κ1) is 34.0. The number of carbonyl (C=O) groups excluding carboxylic acids is 1. The third kappa shape index (κ3) is 9.00. The molecule has 1 atom stereocenters. The van der Waals surface area contributed by atoms with Crippen molar-refractivity contribution in [2.45, 2.75) is 31.9 Å². The zero-order chi connectivity index (χ0) is 30.3. The Morgan fingerprint density at radius 1 is 0.977 bits per heavy atom. The minimum absolute atomic E-state index is 0. The predicted molar refractivity (Wildman–Crippen MR) is 159 cm³/mol. The van der Waals surface area contributed by atoms with Gasteiger partial charge in [0.15, 0.2) is 0 Å². The Kier molecular flexibility index (Phi) is 12.1. The van der Waals surface area contributed by atoms with E-state index in [1.54, 1.807) is 36.6 Å². The summed E-state index contributed by atoms with van der Waals surface area (Å²) in [5.41, 5.74) is -0.0850. The van der Waals surface area contributed by atoms with E-state index in [0.29, 0.717) is 28.4 Å². The summed E-state index contributed by atoms with van der Waals surface area (Å²) in [5, 5.41) is 12.0. The van der Waals surface area contributed by atoms with Crippen molar-refractivity contribution < 1.29 is 41.4 Å². The number of carboxylic acid groups (broad SMARTS) is 1. The van der Waals surface area contributed by atoms with E-state index in [0.717, 1.165) is 6.07 Å². The molecule has 0 saturated carbocycles. The van der Waals surface area contributed by atoms with Gasteiger partial charge in [-0.2, -0.15) is 24.9 Å². The van der Waals surface area contributed by atoms with E-state index in [9.17, 15) is 32.3 Å². The molecule has 3 aromatic carbocycles. The van der Waals surface area contributed by atoms with Gasteiger partial charge in [-0.05, 0) is 89.7 Å². The van der Waals surface area contributed by atoms with Crippen LogP contribution in [0.5, 0.6) is 0 Å². The number of thioether (sulfide) groups is 1. The number of hydrogen-bond donors (Lipinski definition) is 2. The van der Waals surface area contributed by atoms with Gasteiger partial charge in [0.1, 0.15) is 30.0 Å². The third-order valence-electron chi connectivity index (χ3n) is 6.37. The number of furan rings is 1. The van der Waals surface area contributed by atoms with Crippen LogP contribution >= 0.6 is 11.8 Å². The van der Waals surface area contributed by atoms with E-state index in [4.69, 9.17) is 9.15 Å². The summed E-state index contributed by atoms with van der Waals surface area (Å²) in [5.74, 6) is -0.928. The van der Waals surface area contributed by atoms with Crippen LogP contribution in [-0.2, 0) is 28.9 Å². The number of ether oxygens (including phenoxy) is 1. The van der Waals surface area contributed by atoms with Gasteiger partial charge in [0, 0.05) is 11.1 Å². The number of amides is 1. The molecule has 4 rings (SSSR count). The number of benzene rings is 3. The SMILES string of the molecule is CSCCC(NC(=O)c1ccc(COCc2ccc(-c3ccc(F)cc3)o2)cc1-c1ccccc1C(F)(F)F)C(=O)O.[LiH]. The quantitative estimate of drug-likeness (QED) is 0.136. The van der Waals surface area contributed by atoms with Crippen LogP contribution in [0.25, 0.3) is 22.5 Å². The van der Waals surface area contributed by atoms with Gasteiger partial charge in [0.25, 0.3) is 5.91 Å². The molecule has 2 N–H and O–H groups in total. The number of alkyl halides is 3. The summed E-state index contributed by atoms with van der Waals surface area (Å²) in [6.07, 6.45) is -2.75. The van der Waals surface area contributed by atoms with Crippen molar-refractivity contribution >= 4 is 42.5 Å². The van der Waals surface area contributed by atoms with Gasteiger partial charge in [0.05, 0.1) is 12.2 Å². The van der Waals surface area contributed by atoms with Gasteiger partial charge in [-0.15, -0.1) is 0 Å². The molecule has 0 spiro atoms. The van der Waals surface area contributed by atoms with Crippen LogP contribution in [0.3, 0.4) is 0 Å². The zero-order valence-corrected chi connectivity index (χ0v) is 23.2. The summed E-state index contributed by atoms with van der Waals surface area (Å²) < 4.78 is 66.5. The minimum atomic E-state index is -4.69. The first-order valence-corrected chi connectivity index (χ1v) is 14.2. The number of nitrogens with one attached hydrogen (secondary N) is 1. The second kappa shape index (κ2) is 15.3. The average molecular weight is 610 g/mol. The van der Waals surface area contributed by atoms with Crippen molar-refractivity contribution in [3.05, 3.63) is 107 Å². The van der Waals surface area contributed by atoms with Crippen LogP contribution in [0.2, 0.25) is 0 Å². The molecule has 0 fully saturated rings. The van der Waals surface area contributed by atoms with Crippen molar-refractivity contribution in [2.75, 3.05) is 12.0 Å². The first-order chi connectivity index (χ1) is 20.1. The van der Waals surface area contributed by atoms with Gasteiger partial charge < -0.3 is 19.6 Å². The Bertz CT molecular complexity index is 1540. The second-order valence-electron chi connectivity index (χ2n) is 9.33. The van der Waals surface area contributed by atoms with Crippen LogP contribution in [-0.4, -0.2) is 53.9 Å². The Balaban J connectivity index is 0.00000506. The fourth-order valence-corrected chi connectivity index (χ4v) is 4.76. The maximum atomic E-state index is 13.9. The third-order valence-corrected chi connectivity index (χ3v) is 7.01. The molecule has 43 heavy (non-hydrogen) atoms. The van der Waals surface area contributed by atoms with E-state index in [1.807, 2.05) is 0 Å². The number of carboxylic acids is 1. The molecule has 12 heteroatoms. The van der Waals surface area contributed by atoms with Crippen molar-refractivity contribution in [1.82, 2.24) is 5.32 Å². The topological polar surface area (TPSA) is 88.8 Å². The molecule has 6 nitrogen and oxygen atoms in total. The Labute approximate surface area is 262 Å². The number of rotatable bonds is 12. The fraction of sp³-hybridized carbons (Fsp3) is 0.226. The monoisotopic (exact) mass is 609 g/mol. The number of carbonyl (C=O) groups is 2. The molecule has 222 valence electrons. The van der Waals surface area contributed by atoms with Crippen LogP contribution in [0, 0.1) is 5.82 Å². The summed E-state index contributed by atoms with van der Waals surface area (Å²) >= 11 is 1.41. The molecular weight excluding hydrogens is 581 g/mol. The molecule has 0 aliphatic rings. The van der Waals surface area contributed by atoms with Crippen molar-refractivity contribution in [3.63, 3.8) is 0 Å². The van der Waals surface area contributed by atoms with E-state index in [2.05, 4.69) is 5.32 Å². The Hall–Kier alpha value is -3.49. The van der Waals surface area contributed by atoms with Crippen LogP contribution in [0.4, 0.5) is 17.6 Å². The van der Waals surface area contributed by atoms with Crippen LogP contribution in [0.15, 0.2) is 83.3 Å². The van der Waals surface area contributed by atoms with Crippen molar-refractivity contribution in [3.8, 4) is 22.5 Å². The maximum absolute atomic E-state index is 13.9. The molecule has 1 heterocycles. The molecule has 1 aromatic heterocycles. The molecular formula is C31H28F4LiNO5S. The van der Waals surface area contributed by atoms with Crippen molar-refractivity contribution in [2.24, 2.45) is 0 Å². The van der Waals surface area contributed by atoms with Gasteiger partial charge in [0.2, 0.25) is 0 Å². The predicted octanol–water partition coefficient (Wildman–Crippen LogP) is 6.78. The molecule has 1 unspecified atom stereocenters. The van der Waals surface area contributed by atoms with Crippen LogP contribution in [0.1, 0.15) is 33.7 Å². The van der Waals surface area contributed by atoms with E-state index in [1.165, 1.54) is 54.2 Å². The molecule has 0 bridgehead atoms. The fourth-order valence-electron chi connectivity index (χ4n) is 4.29. The standard InChI is InChI=1S/C31H27F4NO5S.Li.H/c1-42-15-14-27(30(38)39)36-29(37)24-12-6-19(16-25(24)23-4-2-3-5-26(23)31(33,34)35)17-40-18-22-11-13-28(41-22)20-7-9-21(32)10-8-20;;/h2-13,16,27H,14-15,17-18H2,1H3,(H,36,37)(H,38,39);;. The van der Waals surface area contributed by atoms with Gasteiger partial charge >= 0.3 is 31.0 Å². The first-order valence-electron chi connectivity index (χ1n) is 12.8. The molecule has 1 amide bonds. The number of hydrogen-bond acceptors (Lipinski definition) is 5.